The van der Waals surface area contributed by atoms with Gasteiger partial charge in [0.25, 0.3) is 5.91 Å². The summed E-state index contributed by atoms with van der Waals surface area (Å²) in [7, 11) is 0. The molecular weight excluding hydrogens is 441 g/mol. The molecule has 1 fully saturated rings. The fourth-order valence-corrected chi connectivity index (χ4v) is 5.13. The number of fused-ring (bicyclic) bond motifs is 1. The zero-order chi connectivity index (χ0) is 24.2. The van der Waals surface area contributed by atoms with Gasteiger partial charge >= 0.3 is 0 Å². The fourth-order valence-electron chi connectivity index (χ4n) is 5.13. The van der Waals surface area contributed by atoms with Crippen molar-refractivity contribution in [1.82, 2.24) is 15.1 Å². The second kappa shape index (κ2) is 10.4. The van der Waals surface area contributed by atoms with Crippen LogP contribution in [-0.2, 0) is 17.9 Å². The number of carbonyl (C=O) groups excluding carboxylic acids is 2. The molecule has 2 heterocycles. The number of benzene rings is 3. The first-order valence-corrected chi connectivity index (χ1v) is 12.3. The quantitative estimate of drug-likeness (QED) is 0.550. The van der Waals surface area contributed by atoms with Gasteiger partial charge in [-0.05, 0) is 66.7 Å². The molecule has 0 bridgehead atoms. The average molecular weight is 472 g/mol. The minimum atomic E-state index is -0.658. The Hall–Kier alpha value is -3.51. The maximum atomic E-state index is 13.5. The lowest BCUT2D eigenvalue weighted by molar-refractivity contribution is -0.126. The van der Waals surface area contributed by atoms with Crippen LogP contribution in [0.2, 0.25) is 0 Å². The summed E-state index contributed by atoms with van der Waals surface area (Å²) in [5.74, 6) is -0.0485. The maximum Gasteiger partial charge on any atom is 0.255 e. The van der Waals surface area contributed by atoms with Crippen LogP contribution in [-0.4, -0.2) is 41.2 Å². The van der Waals surface area contributed by atoms with Crippen molar-refractivity contribution in [2.24, 2.45) is 5.92 Å². The second-order valence-electron chi connectivity index (χ2n) is 9.49. The van der Waals surface area contributed by atoms with Crippen LogP contribution in [0.15, 0.2) is 78.9 Å². The van der Waals surface area contributed by atoms with Crippen molar-refractivity contribution < 1.29 is 14.0 Å². The zero-order valence-electron chi connectivity index (χ0n) is 19.7. The summed E-state index contributed by atoms with van der Waals surface area (Å²) in [6, 6.07) is 23.1. The van der Waals surface area contributed by atoms with Crippen LogP contribution in [0.4, 0.5) is 4.39 Å². The highest BCUT2D eigenvalue weighted by atomic mass is 19.1. The Morgan fingerprint density at radius 1 is 0.943 bits per heavy atom. The molecule has 35 heavy (non-hydrogen) atoms. The normalized spacial score (nSPS) is 17.3. The predicted molar refractivity (Wildman–Crippen MR) is 133 cm³/mol. The van der Waals surface area contributed by atoms with Crippen LogP contribution in [0.3, 0.4) is 0 Å². The second-order valence-corrected chi connectivity index (χ2v) is 9.49. The highest BCUT2D eigenvalue weighted by molar-refractivity contribution is 6.01. The third-order valence-corrected chi connectivity index (χ3v) is 7.12. The lowest BCUT2D eigenvalue weighted by Crippen LogP contribution is -2.44. The molecule has 3 aromatic carbocycles. The fraction of sp³-hybridized carbons (Fsp3) is 0.310. The Bertz CT molecular complexity index is 1170. The number of nitrogens with one attached hydrogen (secondary N) is 1. The number of piperidine rings is 1. The van der Waals surface area contributed by atoms with E-state index in [1.165, 1.54) is 12.1 Å². The van der Waals surface area contributed by atoms with Gasteiger partial charge in [0.2, 0.25) is 5.91 Å². The van der Waals surface area contributed by atoms with Crippen LogP contribution in [0.1, 0.15) is 45.9 Å². The Kier molecular flexibility index (Phi) is 6.91. The largest absolute Gasteiger partial charge is 0.354 e. The molecule has 0 aliphatic carbocycles. The minimum absolute atomic E-state index is 0.0984. The molecule has 0 unspecified atom stereocenters. The van der Waals surface area contributed by atoms with Crippen molar-refractivity contribution in [3.8, 4) is 0 Å². The minimum Gasteiger partial charge on any atom is -0.354 e. The molecule has 3 aromatic rings. The number of hydrogen-bond acceptors (Lipinski definition) is 3. The third-order valence-electron chi connectivity index (χ3n) is 7.12. The number of nitrogens with zero attached hydrogens (tertiary/aromatic N) is 2. The number of hydrogen-bond donors (Lipinski definition) is 1. The van der Waals surface area contributed by atoms with Crippen molar-refractivity contribution in [3.05, 3.63) is 107 Å². The SMILES string of the molecule is O=C(NCC1CCN(Cc2ccc(F)cc2)CC1)[C@@H](c1ccccc1)N1Cc2ccccc2C1=O. The Morgan fingerprint density at radius 3 is 2.34 bits per heavy atom. The summed E-state index contributed by atoms with van der Waals surface area (Å²) in [5.41, 5.74) is 3.56. The molecule has 5 nitrogen and oxygen atoms in total. The molecule has 0 aromatic heterocycles. The van der Waals surface area contributed by atoms with E-state index in [-0.39, 0.29) is 17.6 Å². The molecule has 5 rings (SSSR count). The summed E-state index contributed by atoms with van der Waals surface area (Å²) < 4.78 is 13.2. The number of likely N-dealkylation sites (tertiary alicyclic amines) is 1. The molecule has 2 aliphatic rings. The molecule has 180 valence electrons. The van der Waals surface area contributed by atoms with Gasteiger partial charge in [-0.25, -0.2) is 4.39 Å². The standard InChI is InChI=1S/C29H30FN3O2/c30-25-12-10-22(11-13-25)19-32-16-14-21(15-17-32)18-31-28(34)27(23-6-2-1-3-7-23)33-20-24-8-4-5-9-26(24)29(33)35/h1-13,21,27H,14-20H2,(H,31,34)/t27-/m1/s1. The monoisotopic (exact) mass is 471 g/mol. The first-order valence-electron chi connectivity index (χ1n) is 12.3. The Balaban J connectivity index is 1.20. The summed E-state index contributed by atoms with van der Waals surface area (Å²) in [6.45, 7) is 3.73. The van der Waals surface area contributed by atoms with Crippen molar-refractivity contribution >= 4 is 11.8 Å². The first kappa shape index (κ1) is 23.2. The lowest BCUT2D eigenvalue weighted by Gasteiger charge is -2.33. The van der Waals surface area contributed by atoms with E-state index in [1.54, 1.807) is 4.90 Å². The number of amides is 2. The van der Waals surface area contributed by atoms with Crippen molar-refractivity contribution in [2.45, 2.75) is 32.0 Å². The van der Waals surface area contributed by atoms with Gasteiger partial charge < -0.3 is 10.2 Å². The number of carbonyl (C=O) groups is 2. The Morgan fingerprint density at radius 2 is 1.63 bits per heavy atom. The van der Waals surface area contributed by atoms with E-state index in [9.17, 15) is 14.0 Å². The van der Waals surface area contributed by atoms with E-state index >= 15 is 0 Å². The maximum absolute atomic E-state index is 13.5. The van der Waals surface area contributed by atoms with E-state index < -0.39 is 6.04 Å². The molecule has 1 atom stereocenters. The van der Waals surface area contributed by atoms with Crippen LogP contribution >= 0.6 is 0 Å². The topological polar surface area (TPSA) is 52.7 Å². The molecule has 0 radical (unpaired) electrons. The molecule has 2 aliphatic heterocycles. The third kappa shape index (κ3) is 5.28. The van der Waals surface area contributed by atoms with Crippen molar-refractivity contribution in [2.75, 3.05) is 19.6 Å². The van der Waals surface area contributed by atoms with E-state index in [0.717, 1.165) is 49.2 Å². The van der Waals surface area contributed by atoms with Crippen LogP contribution < -0.4 is 5.32 Å². The Labute approximate surface area is 205 Å². The van der Waals surface area contributed by atoms with Crippen LogP contribution in [0.5, 0.6) is 0 Å². The smallest absolute Gasteiger partial charge is 0.255 e. The molecular formula is C29H30FN3O2. The highest BCUT2D eigenvalue weighted by Gasteiger charge is 2.37. The highest BCUT2D eigenvalue weighted by Crippen LogP contribution is 2.31. The van der Waals surface area contributed by atoms with Gasteiger partial charge in [-0.3, -0.25) is 14.5 Å². The number of halogens is 1. The molecule has 0 spiro atoms. The van der Waals surface area contributed by atoms with Gasteiger partial charge in [0.1, 0.15) is 11.9 Å². The van der Waals surface area contributed by atoms with Gasteiger partial charge in [-0.15, -0.1) is 0 Å². The van der Waals surface area contributed by atoms with Gasteiger partial charge in [0.15, 0.2) is 0 Å². The molecule has 1 N–H and O–H groups in total. The van der Waals surface area contributed by atoms with E-state index in [1.807, 2.05) is 66.7 Å². The van der Waals surface area contributed by atoms with Crippen molar-refractivity contribution in [3.63, 3.8) is 0 Å². The van der Waals surface area contributed by atoms with Gasteiger partial charge in [-0.1, -0.05) is 60.7 Å². The van der Waals surface area contributed by atoms with Gasteiger partial charge in [0, 0.05) is 25.2 Å². The molecule has 1 saturated heterocycles. The van der Waals surface area contributed by atoms with E-state index in [2.05, 4.69) is 10.2 Å². The van der Waals surface area contributed by atoms with Gasteiger partial charge in [-0.2, -0.15) is 0 Å². The molecule has 2 amide bonds. The first-order chi connectivity index (χ1) is 17.1. The number of rotatable bonds is 7. The summed E-state index contributed by atoms with van der Waals surface area (Å²) in [5, 5.41) is 3.15. The van der Waals surface area contributed by atoms with Crippen LogP contribution in [0, 0.1) is 11.7 Å². The summed E-state index contributed by atoms with van der Waals surface area (Å²) in [6.07, 6.45) is 1.98. The zero-order valence-corrected chi connectivity index (χ0v) is 19.7. The van der Waals surface area contributed by atoms with Crippen LogP contribution in [0.25, 0.3) is 0 Å². The molecule has 0 saturated carbocycles. The van der Waals surface area contributed by atoms with E-state index in [0.29, 0.717) is 24.6 Å². The lowest BCUT2D eigenvalue weighted by atomic mass is 9.96. The van der Waals surface area contributed by atoms with Gasteiger partial charge in [0.05, 0.1) is 0 Å². The molecule has 6 heteroatoms. The predicted octanol–water partition coefficient (Wildman–Crippen LogP) is 4.55. The summed E-state index contributed by atoms with van der Waals surface area (Å²) >= 11 is 0. The van der Waals surface area contributed by atoms with Crippen molar-refractivity contribution in [1.29, 1.82) is 0 Å². The summed E-state index contributed by atoms with van der Waals surface area (Å²) in [4.78, 5) is 30.7. The average Bonchev–Trinajstić information content (AvgIpc) is 3.22. The van der Waals surface area contributed by atoms with E-state index in [4.69, 9.17) is 0 Å².